The van der Waals surface area contributed by atoms with Crippen LogP contribution in [0.15, 0.2) is 29.0 Å². The van der Waals surface area contributed by atoms with Crippen LogP contribution in [0.1, 0.15) is 36.9 Å². The quantitative estimate of drug-likeness (QED) is 0.628. The number of fused-ring (bicyclic) bond motifs is 1. The Morgan fingerprint density at radius 3 is 2.93 bits per heavy atom. The van der Waals surface area contributed by atoms with Crippen molar-refractivity contribution in [2.45, 2.75) is 39.0 Å². The fraction of sp³-hybridized carbons (Fsp3) is 0.444. The van der Waals surface area contributed by atoms with Crippen molar-refractivity contribution in [2.75, 3.05) is 13.7 Å². The first kappa shape index (κ1) is 18.2. The molecule has 0 aliphatic carbocycles. The second kappa shape index (κ2) is 7.85. The second-order valence-electron chi connectivity index (χ2n) is 6.71. The van der Waals surface area contributed by atoms with Gasteiger partial charge in [0, 0.05) is 44.5 Å². The molecule has 1 atom stereocenters. The predicted molar refractivity (Wildman–Crippen MR) is 96.7 cm³/mol. The number of carbonyl (C=O) groups excluding carboxylic acids is 1. The van der Waals surface area contributed by atoms with E-state index in [9.17, 15) is 4.79 Å². The number of ether oxygens (including phenoxy) is 1. The third-order valence-electron chi connectivity index (χ3n) is 4.68. The molecule has 146 valence electrons. The first-order chi connectivity index (χ1) is 13.7. The molecule has 0 aromatic carbocycles. The molecule has 0 bridgehead atoms. The lowest BCUT2D eigenvalue weighted by Crippen LogP contribution is -2.41. The summed E-state index contributed by atoms with van der Waals surface area (Å²) < 4.78 is 12.5. The number of hydrogen-bond acceptors (Lipinski definition) is 8. The standard InChI is InChI=1S/C18H21N7O3/c1-12-9-24(10-14-21-22-15(11-27-2)25(12)14)17(26)4-3-16-20-18(23-28-16)13-5-7-19-8-6-13/h5-8,12H,3-4,9-11H2,1-2H3/t12-/m0/s1. The monoisotopic (exact) mass is 383 g/mol. The molecule has 1 aliphatic rings. The average molecular weight is 383 g/mol. The summed E-state index contributed by atoms with van der Waals surface area (Å²) in [4.78, 5) is 22.8. The topological polar surface area (TPSA) is 112 Å². The first-order valence-corrected chi connectivity index (χ1v) is 9.08. The van der Waals surface area contributed by atoms with Gasteiger partial charge in [0.1, 0.15) is 6.61 Å². The maximum atomic E-state index is 12.7. The molecule has 0 saturated carbocycles. The van der Waals surface area contributed by atoms with Crippen LogP contribution in [0.2, 0.25) is 0 Å². The molecule has 0 saturated heterocycles. The van der Waals surface area contributed by atoms with Crippen LogP contribution in [-0.4, -0.2) is 54.4 Å². The molecule has 4 heterocycles. The zero-order valence-corrected chi connectivity index (χ0v) is 15.8. The summed E-state index contributed by atoms with van der Waals surface area (Å²) in [7, 11) is 1.63. The summed E-state index contributed by atoms with van der Waals surface area (Å²) in [6, 6.07) is 3.71. The van der Waals surface area contributed by atoms with Gasteiger partial charge in [0.15, 0.2) is 11.6 Å². The van der Waals surface area contributed by atoms with Crippen molar-refractivity contribution in [3.05, 3.63) is 42.1 Å². The van der Waals surface area contributed by atoms with Gasteiger partial charge in [0.2, 0.25) is 17.6 Å². The summed E-state index contributed by atoms with van der Waals surface area (Å²) >= 11 is 0. The first-order valence-electron chi connectivity index (χ1n) is 9.08. The number of methoxy groups -OCH3 is 1. The number of aromatic nitrogens is 6. The molecule has 0 radical (unpaired) electrons. The van der Waals surface area contributed by atoms with Crippen molar-refractivity contribution in [3.63, 3.8) is 0 Å². The van der Waals surface area contributed by atoms with Crippen molar-refractivity contribution in [1.82, 2.24) is 34.8 Å². The Hall–Kier alpha value is -3.14. The molecule has 0 fully saturated rings. The number of aryl methyl sites for hydroxylation is 1. The lowest BCUT2D eigenvalue weighted by Gasteiger charge is -2.32. The molecule has 10 heteroatoms. The molecule has 4 rings (SSSR count). The zero-order valence-electron chi connectivity index (χ0n) is 15.8. The number of amides is 1. The minimum absolute atomic E-state index is 0.0260. The van der Waals surface area contributed by atoms with Crippen molar-refractivity contribution < 1.29 is 14.1 Å². The van der Waals surface area contributed by atoms with Crippen molar-refractivity contribution in [2.24, 2.45) is 0 Å². The zero-order chi connectivity index (χ0) is 19.5. The number of pyridine rings is 1. The molecule has 0 spiro atoms. The molecule has 1 aliphatic heterocycles. The number of carbonyl (C=O) groups is 1. The number of rotatable bonds is 6. The van der Waals surface area contributed by atoms with E-state index < -0.39 is 0 Å². The van der Waals surface area contributed by atoms with Gasteiger partial charge >= 0.3 is 0 Å². The van der Waals surface area contributed by atoms with Crippen LogP contribution in [0.3, 0.4) is 0 Å². The highest BCUT2D eigenvalue weighted by Gasteiger charge is 2.29. The summed E-state index contributed by atoms with van der Waals surface area (Å²) in [5.74, 6) is 2.52. The molecule has 10 nitrogen and oxygen atoms in total. The van der Waals surface area contributed by atoms with Gasteiger partial charge in [0.25, 0.3) is 0 Å². The van der Waals surface area contributed by atoms with Gasteiger partial charge < -0.3 is 18.7 Å². The van der Waals surface area contributed by atoms with E-state index in [0.29, 0.717) is 44.3 Å². The van der Waals surface area contributed by atoms with Crippen LogP contribution in [0, 0.1) is 0 Å². The SMILES string of the molecule is COCc1nnc2n1[C@@H](C)CN(C(=O)CCc1nc(-c3ccncc3)no1)C2. The smallest absolute Gasteiger partial charge is 0.227 e. The number of nitrogens with zero attached hydrogens (tertiary/aromatic N) is 7. The van der Waals surface area contributed by atoms with Crippen LogP contribution in [-0.2, 0) is 29.1 Å². The molecule has 1 amide bonds. The summed E-state index contributed by atoms with van der Waals surface area (Å²) in [6.07, 6.45) is 4.03. The van der Waals surface area contributed by atoms with Gasteiger partial charge in [-0.05, 0) is 19.1 Å². The fourth-order valence-electron chi connectivity index (χ4n) is 3.38. The Bertz CT molecular complexity index is 953. The molecular formula is C18H21N7O3. The van der Waals surface area contributed by atoms with E-state index in [2.05, 4.69) is 25.3 Å². The normalized spacial score (nSPS) is 16.2. The largest absolute Gasteiger partial charge is 0.377 e. The third kappa shape index (κ3) is 3.63. The summed E-state index contributed by atoms with van der Waals surface area (Å²) in [5.41, 5.74) is 0.826. The predicted octanol–water partition coefficient (Wildman–Crippen LogP) is 1.41. The van der Waals surface area contributed by atoms with Crippen molar-refractivity contribution in [3.8, 4) is 11.4 Å². The van der Waals surface area contributed by atoms with E-state index in [1.165, 1.54) is 0 Å². The Balaban J connectivity index is 1.37. The molecule has 0 N–H and O–H groups in total. The van der Waals surface area contributed by atoms with Crippen LogP contribution >= 0.6 is 0 Å². The maximum absolute atomic E-state index is 12.7. The minimum Gasteiger partial charge on any atom is -0.377 e. The van der Waals surface area contributed by atoms with E-state index >= 15 is 0 Å². The van der Waals surface area contributed by atoms with E-state index in [4.69, 9.17) is 9.26 Å². The van der Waals surface area contributed by atoms with Gasteiger partial charge in [-0.1, -0.05) is 5.16 Å². The third-order valence-corrected chi connectivity index (χ3v) is 4.68. The van der Waals surface area contributed by atoms with Crippen LogP contribution in [0.4, 0.5) is 0 Å². The Labute approximate surface area is 161 Å². The molecular weight excluding hydrogens is 362 g/mol. The van der Waals surface area contributed by atoms with Gasteiger partial charge in [-0.3, -0.25) is 9.78 Å². The lowest BCUT2D eigenvalue weighted by atomic mass is 10.2. The van der Waals surface area contributed by atoms with E-state index in [1.54, 1.807) is 24.4 Å². The van der Waals surface area contributed by atoms with Gasteiger partial charge in [-0.15, -0.1) is 10.2 Å². The van der Waals surface area contributed by atoms with E-state index in [0.717, 1.165) is 17.2 Å². The van der Waals surface area contributed by atoms with Crippen LogP contribution in [0.25, 0.3) is 11.4 Å². The molecule has 3 aromatic rings. The Morgan fingerprint density at radius 1 is 1.32 bits per heavy atom. The van der Waals surface area contributed by atoms with Gasteiger partial charge in [0.05, 0.1) is 12.6 Å². The highest BCUT2D eigenvalue weighted by Crippen LogP contribution is 2.23. The Morgan fingerprint density at radius 2 is 2.14 bits per heavy atom. The molecule has 3 aromatic heterocycles. The summed E-state index contributed by atoms with van der Waals surface area (Å²) in [5, 5.41) is 12.3. The highest BCUT2D eigenvalue weighted by atomic mass is 16.5. The van der Waals surface area contributed by atoms with Crippen LogP contribution in [0.5, 0.6) is 0 Å². The van der Waals surface area contributed by atoms with Gasteiger partial charge in [-0.2, -0.15) is 4.98 Å². The Kier molecular flexibility index (Phi) is 5.11. The highest BCUT2D eigenvalue weighted by molar-refractivity contribution is 5.76. The minimum atomic E-state index is 0.0260. The van der Waals surface area contributed by atoms with Crippen molar-refractivity contribution >= 4 is 5.91 Å². The van der Waals surface area contributed by atoms with Crippen LogP contribution < -0.4 is 0 Å². The van der Waals surface area contributed by atoms with Crippen molar-refractivity contribution in [1.29, 1.82) is 0 Å². The second-order valence-corrected chi connectivity index (χ2v) is 6.71. The fourth-order valence-corrected chi connectivity index (χ4v) is 3.38. The van der Waals surface area contributed by atoms with E-state index in [1.807, 2.05) is 23.6 Å². The lowest BCUT2D eigenvalue weighted by molar-refractivity contribution is -0.133. The maximum Gasteiger partial charge on any atom is 0.227 e. The average Bonchev–Trinajstić information content (AvgIpc) is 3.35. The molecule has 28 heavy (non-hydrogen) atoms. The van der Waals surface area contributed by atoms with E-state index in [-0.39, 0.29) is 11.9 Å². The summed E-state index contributed by atoms with van der Waals surface area (Å²) in [6.45, 7) is 3.49. The van der Waals surface area contributed by atoms with Gasteiger partial charge in [-0.25, -0.2) is 0 Å². The molecule has 0 unspecified atom stereocenters. The number of hydrogen-bond donors (Lipinski definition) is 0.